The van der Waals surface area contributed by atoms with Crippen LogP contribution in [0.1, 0.15) is 221 Å². The molecule has 676 valence electrons. The Labute approximate surface area is 674 Å². The third-order valence-electron chi connectivity index (χ3n) is 17.5. The predicted octanol–water partition coefficient (Wildman–Crippen LogP) is 1.96. The minimum Gasteiger partial charge on any atom is -0.394 e. The largest absolute Gasteiger partial charge is 0.471 e. The molecule has 3 fully saturated rings. The Hall–Kier alpha value is -4.81. The first-order valence-electron chi connectivity index (χ1n) is 37.7. The minimum absolute atomic E-state index is 0. The average molecular weight is 1670 g/mol. The monoisotopic (exact) mass is 1660 g/mol. The minimum atomic E-state index is -3.75. The number of rotatable bonds is 53. The number of methoxy groups -OCH3 is 1. The van der Waals surface area contributed by atoms with Gasteiger partial charge in [-0.25, -0.2) is 4.57 Å². The van der Waals surface area contributed by atoms with Gasteiger partial charge in [-0.15, -0.1) is 0 Å². The number of unbranched alkanes of at least 4 members (excludes halogenated alkanes) is 3. The normalized spacial score (nSPS) is 23.7. The van der Waals surface area contributed by atoms with Crippen molar-refractivity contribution in [3.63, 3.8) is 0 Å². The number of carbonyl (C=O) groups excluding carboxylic acids is 8. The Morgan fingerprint density at radius 1 is 0.381 bits per heavy atom. The number of nitrogens with one attached hydrogen (secondary N) is 8. The molecule has 0 aromatic rings. The number of aliphatic hydroxyl groups excluding tert-OH is 9. The molecule has 20 N–H and O–H groups in total. The van der Waals surface area contributed by atoms with Crippen molar-refractivity contribution in [2.75, 3.05) is 119 Å². The van der Waals surface area contributed by atoms with Gasteiger partial charge in [-0.3, -0.25) is 47.4 Å². The smallest absolute Gasteiger partial charge is 0.394 e. The summed E-state index contributed by atoms with van der Waals surface area (Å²) in [5.41, 5.74) is 3.98. The van der Waals surface area contributed by atoms with Crippen LogP contribution in [-0.2, 0) is 85.1 Å². The number of carbonyl (C=O) groups is 8. The van der Waals surface area contributed by atoms with Crippen molar-refractivity contribution in [3.05, 3.63) is 0 Å². The molecule has 8 amide bonds. The number of hydrogen-bond acceptors (Lipinski definition) is 28. The van der Waals surface area contributed by atoms with E-state index in [9.17, 15) is 88.9 Å². The zero-order valence-corrected chi connectivity index (χ0v) is 65.4. The summed E-state index contributed by atoms with van der Waals surface area (Å²) in [7, 11) is -1.06. The standard InChI is InChI=1S/C58H104N8O24.C7H18NO4P.2C2H6.6CH4/c1-35-49(78)52(81)38(32-67)88-55(35)85-29-15-45(74)62-24-6-21-59-42(71)12-18-58(66-48(77)11-5-10-41(70)65-27-9-28-84-4,19-13-43(72)60-22-7-25-63-46(75)16-30-86-56-36(2)50(79)53(82)39(33-68)89-56)20-14-44(73)61-23-8-26-64-47(76)17-31-87-57-37(3)51(80)54(83)40(34-69)90-57;1-11-13(9,10)12-7-5-3-2-4-6-8;2*1-2;;;;;;/h35-40,49-57,67-69,78-83H,5-34H2,1-4H3,(H,59,71)(H,60,72)(H,61,73)(H,62,74)(H,63,75)(H,64,76)(H,65,70)(H,66,77);2-8H2,1H3,(H,9,10);2*1-2H3;6*1H4/t35?,36?,37?,38?,39?,40?,49-,50-,51-,52+,53+,54+,55-,56-,57-,58?;;;;;;;;;/m1........./s1. The van der Waals surface area contributed by atoms with E-state index >= 15 is 0 Å². The molecular formula is C75H158N9O28P. The highest BCUT2D eigenvalue weighted by atomic mass is 31.2. The van der Waals surface area contributed by atoms with E-state index in [2.05, 4.69) is 51.6 Å². The molecule has 3 saturated heterocycles. The number of ether oxygens (including phenoxy) is 7. The maximum Gasteiger partial charge on any atom is 0.471 e. The van der Waals surface area contributed by atoms with Gasteiger partial charge in [0.05, 0.1) is 83.8 Å². The number of phosphoric ester groups is 1. The third kappa shape index (κ3) is 52.6. The van der Waals surface area contributed by atoms with Crippen LogP contribution in [0.2, 0.25) is 0 Å². The molecule has 3 heterocycles. The van der Waals surface area contributed by atoms with E-state index in [1.165, 1.54) is 0 Å². The number of phosphoric acid groups is 1. The highest BCUT2D eigenvalue weighted by Crippen LogP contribution is 2.42. The lowest BCUT2D eigenvalue weighted by Gasteiger charge is -2.40. The predicted molar refractivity (Wildman–Crippen MR) is 430 cm³/mol. The first kappa shape index (κ1) is 121. The molecule has 0 aromatic heterocycles. The Morgan fingerprint density at radius 2 is 0.664 bits per heavy atom. The van der Waals surface area contributed by atoms with Gasteiger partial charge in [0.1, 0.15) is 36.6 Å². The zero-order chi connectivity index (χ0) is 80.8. The maximum atomic E-state index is 13.8. The van der Waals surface area contributed by atoms with Crippen LogP contribution in [0.3, 0.4) is 0 Å². The van der Waals surface area contributed by atoms with E-state index in [4.69, 9.17) is 43.8 Å². The molecule has 0 spiro atoms. The van der Waals surface area contributed by atoms with Gasteiger partial charge in [-0.2, -0.15) is 0 Å². The lowest BCUT2D eigenvalue weighted by Crippen LogP contribution is -2.55. The van der Waals surface area contributed by atoms with Gasteiger partial charge < -0.3 is 132 Å². The van der Waals surface area contributed by atoms with Crippen LogP contribution in [0.15, 0.2) is 0 Å². The second-order valence-corrected chi connectivity index (χ2v) is 27.3. The highest BCUT2D eigenvalue weighted by Gasteiger charge is 2.45. The lowest BCUT2D eigenvalue weighted by molar-refractivity contribution is -0.282. The fourth-order valence-corrected chi connectivity index (χ4v) is 11.4. The summed E-state index contributed by atoms with van der Waals surface area (Å²) in [4.78, 5) is 113. The van der Waals surface area contributed by atoms with Crippen LogP contribution < -0.4 is 48.3 Å². The van der Waals surface area contributed by atoms with Gasteiger partial charge in [-0.1, -0.05) is 106 Å². The molecule has 0 saturated carbocycles. The summed E-state index contributed by atoms with van der Waals surface area (Å²) in [6.45, 7) is 13.7. The molecule has 38 heteroatoms. The summed E-state index contributed by atoms with van der Waals surface area (Å²) >= 11 is 0. The van der Waals surface area contributed by atoms with Crippen molar-refractivity contribution >= 4 is 55.1 Å². The van der Waals surface area contributed by atoms with Gasteiger partial charge in [0.2, 0.25) is 47.3 Å². The van der Waals surface area contributed by atoms with Crippen molar-refractivity contribution in [3.8, 4) is 0 Å². The van der Waals surface area contributed by atoms with Crippen LogP contribution in [0.5, 0.6) is 0 Å². The molecule has 3 rings (SSSR count). The Kier molecular flexibility index (Phi) is 77.8. The number of hydrogen-bond donors (Lipinski definition) is 19. The second-order valence-electron chi connectivity index (χ2n) is 25.8. The maximum absolute atomic E-state index is 13.8. The average Bonchev–Trinajstić information content (AvgIpc) is 0.780. The number of amides is 8. The lowest BCUT2D eigenvalue weighted by atomic mass is 9.82. The van der Waals surface area contributed by atoms with Gasteiger partial charge in [0.15, 0.2) is 18.9 Å². The molecule has 3 aliphatic rings. The van der Waals surface area contributed by atoms with Crippen LogP contribution >= 0.6 is 7.82 Å². The summed E-state index contributed by atoms with van der Waals surface area (Å²) in [5, 5.41) is 112. The van der Waals surface area contributed by atoms with Crippen molar-refractivity contribution < 1.29 is 136 Å². The second kappa shape index (κ2) is 72.4. The number of nitrogens with two attached hydrogens (primary N) is 1. The summed E-state index contributed by atoms with van der Waals surface area (Å²) in [6, 6.07) is 0. The topological polar surface area (TPSA) is 561 Å². The Morgan fingerprint density at radius 3 is 0.956 bits per heavy atom. The molecular weight excluding hydrogens is 1510 g/mol. The molecule has 3 aliphatic heterocycles. The summed E-state index contributed by atoms with van der Waals surface area (Å²) < 4.78 is 58.1. The van der Waals surface area contributed by atoms with Gasteiger partial charge in [-0.05, 0) is 70.8 Å². The van der Waals surface area contributed by atoms with Crippen LogP contribution in [-0.4, -0.2) is 297 Å². The van der Waals surface area contributed by atoms with E-state index in [0.29, 0.717) is 45.4 Å². The third-order valence-corrected chi connectivity index (χ3v) is 18.5. The van der Waals surface area contributed by atoms with E-state index in [1.807, 2.05) is 27.7 Å². The summed E-state index contributed by atoms with van der Waals surface area (Å²) in [5.74, 6) is -5.06. The van der Waals surface area contributed by atoms with Crippen molar-refractivity contribution in [1.82, 2.24) is 42.5 Å². The Balaban J connectivity index is -0.000000877. The molecule has 0 bridgehead atoms. The van der Waals surface area contributed by atoms with Gasteiger partial charge in [0.25, 0.3) is 0 Å². The van der Waals surface area contributed by atoms with Crippen LogP contribution in [0.4, 0.5) is 0 Å². The van der Waals surface area contributed by atoms with Gasteiger partial charge >= 0.3 is 7.82 Å². The molecule has 0 aromatic carbocycles. The van der Waals surface area contributed by atoms with E-state index in [-0.39, 0.29) is 211 Å². The first-order chi connectivity index (χ1) is 51.1. The fraction of sp³-hybridized carbons (Fsp3) is 0.893. The molecule has 0 aliphatic carbocycles. The van der Waals surface area contributed by atoms with E-state index in [0.717, 1.165) is 32.8 Å². The van der Waals surface area contributed by atoms with Crippen LogP contribution in [0, 0.1) is 17.8 Å². The van der Waals surface area contributed by atoms with Crippen LogP contribution in [0.25, 0.3) is 0 Å². The molecule has 7 unspecified atom stereocenters. The Bertz CT molecular complexity index is 2280. The molecule has 37 nitrogen and oxygen atoms in total. The fourth-order valence-electron chi connectivity index (χ4n) is 11.0. The molecule has 0 radical (unpaired) electrons. The zero-order valence-electron chi connectivity index (χ0n) is 64.5. The van der Waals surface area contributed by atoms with E-state index in [1.54, 1.807) is 27.9 Å². The van der Waals surface area contributed by atoms with Gasteiger partial charge in [0, 0.05) is 122 Å². The first-order valence-corrected chi connectivity index (χ1v) is 39.2. The quantitative estimate of drug-likeness (QED) is 0.0306. The van der Waals surface area contributed by atoms with Crippen molar-refractivity contribution in [2.24, 2.45) is 23.5 Å². The van der Waals surface area contributed by atoms with Crippen molar-refractivity contribution in [2.45, 2.75) is 301 Å². The highest BCUT2D eigenvalue weighted by molar-refractivity contribution is 7.47. The summed E-state index contributed by atoms with van der Waals surface area (Å²) in [6.07, 6.45) is -9.00. The molecule has 16 atom stereocenters. The van der Waals surface area contributed by atoms with E-state index < -0.39 is 148 Å². The van der Waals surface area contributed by atoms with Crippen molar-refractivity contribution in [1.29, 1.82) is 0 Å². The SMILES string of the molecule is C.C.C.C.C.C.CC.CC.COCCCNC(=O)CCCC(=O)NC(CCC(=O)NCCCNC(=O)CCO[C@@H]1OC(CO)[C@H](O)[C@H](O)C1C)(CCC(=O)NCCCNC(=O)CCO[C@@H]1OC(CO)[C@H](O)[C@H](O)C1C)CCC(=O)NCCCNC(=O)CCO[C@@H]1OC(CO)[C@H](O)[C@H](O)C1C.COP(=O)(O)OCCCCCCN. The number of aliphatic hydroxyl groups is 9. The molecule has 113 heavy (non-hydrogen) atoms.